The van der Waals surface area contributed by atoms with E-state index in [0.29, 0.717) is 28.9 Å². The van der Waals surface area contributed by atoms with Crippen LogP contribution in [0.4, 0.5) is 5.69 Å². The Bertz CT molecular complexity index is 1510. The summed E-state index contributed by atoms with van der Waals surface area (Å²) >= 11 is 0. The van der Waals surface area contributed by atoms with Crippen LogP contribution in [0.5, 0.6) is 0 Å². The molecule has 0 aromatic heterocycles. The number of benzene rings is 2. The van der Waals surface area contributed by atoms with Crippen LogP contribution in [0.1, 0.15) is 38.8 Å². The fourth-order valence-corrected chi connectivity index (χ4v) is 5.76. The number of nitrogens with zero attached hydrogens (tertiary/aromatic N) is 2. The zero-order valence-electron chi connectivity index (χ0n) is 21.7. The van der Waals surface area contributed by atoms with Crippen molar-refractivity contribution in [2.75, 3.05) is 24.5 Å². The van der Waals surface area contributed by atoms with Crippen LogP contribution in [0.3, 0.4) is 0 Å². The summed E-state index contributed by atoms with van der Waals surface area (Å²) in [6, 6.07) is 10.0. The molecule has 0 fully saturated rings. The van der Waals surface area contributed by atoms with E-state index in [1.54, 1.807) is 36.1 Å². The van der Waals surface area contributed by atoms with E-state index in [1.165, 1.54) is 6.07 Å². The average Bonchev–Trinajstić information content (AvgIpc) is 2.86. The molecule has 1 atom stereocenters. The molecule has 0 amide bonds. The lowest BCUT2D eigenvalue weighted by Crippen LogP contribution is -2.42. The molecule has 2 aromatic carbocycles. The summed E-state index contributed by atoms with van der Waals surface area (Å²) in [5.41, 5.74) is 3.30. The van der Waals surface area contributed by atoms with Gasteiger partial charge < -0.3 is 10.0 Å². The van der Waals surface area contributed by atoms with E-state index in [1.807, 2.05) is 45.1 Å². The third kappa shape index (κ3) is 6.48. The Hall–Kier alpha value is -3.09. The minimum atomic E-state index is -4.90. The van der Waals surface area contributed by atoms with Gasteiger partial charge in [-0.05, 0) is 73.9 Å². The SMILES string of the molecule is CCN(c1ccc(C(=C2C=CC(=[N+](CC)CC)C=C2)c2ccc(S(=O)(=O)O)cc2S(=O)(=O)O)cc1)C(C)[O-]. The first kappa shape index (κ1) is 29.5. The van der Waals surface area contributed by atoms with E-state index in [0.717, 1.165) is 30.9 Å². The predicted octanol–water partition coefficient (Wildman–Crippen LogP) is 3.13. The van der Waals surface area contributed by atoms with E-state index in [-0.39, 0.29) is 5.56 Å². The van der Waals surface area contributed by atoms with Gasteiger partial charge in [-0.3, -0.25) is 9.11 Å². The van der Waals surface area contributed by atoms with Crippen molar-refractivity contribution in [3.05, 3.63) is 83.5 Å². The van der Waals surface area contributed by atoms with Gasteiger partial charge in [-0.25, -0.2) is 4.58 Å². The summed E-state index contributed by atoms with van der Waals surface area (Å²) < 4.78 is 69.9. The van der Waals surface area contributed by atoms with Gasteiger partial charge in [0.25, 0.3) is 20.2 Å². The second-order valence-corrected chi connectivity index (χ2v) is 11.4. The minimum Gasteiger partial charge on any atom is -0.836 e. The standard InChI is InChI=1S/C27H32N2O7S2/c1-5-28(6-2)22-12-8-20(9-13-22)27(21-10-14-23(15-11-21)29(7-3)19(4)30)25-17-16-24(37(31,32)33)18-26(25)38(34,35)36/h8-19H,5-7H2,1-4H3,(H,31,32,33)(H,34,35,36). The number of anilines is 1. The maximum Gasteiger partial charge on any atom is 0.295 e. The summed E-state index contributed by atoms with van der Waals surface area (Å²) in [6.07, 6.45) is 6.46. The van der Waals surface area contributed by atoms with Crippen LogP contribution in [0.2, 0.25) is 0 Å². The zero-order chi connectivity index (χ0) is 28.3. The van der Waals surface area contributed by atoms with E-state index in [9.17, 15) is 31.0 Å². The molecule has 1 unspecified atom stereocenters. The van der Waals surface area contributed by atoms with Crippen LogP contribution in [-0.4, -0.2) is 62.1 Å². The molecule has 1 aliphatic carbocycles. The molecule has 2 aromatic rings. The molecule has 11 heteroatoms. The Labute approximate surface area is 224 Å². The number of hydrogen-bond donors (Lipinski definition) is 2. The van der Waals surface area contributed by atoms with Gasteiger partial charge in [0.15, 0.2) is 5.71 Å². The lowest BCUT2D eigenvalue weighted by Gasteiger charge is -2.34. The van der Waals surface area contributed by atoms with Crippen molar-refractivity contribution in [2.24, 2.45) is 0 Å². The van der Waals surface area contributed by atoms with Crippen molar-refractivity contribution >= 4 is 37.2 Å². The van der Waals surface area contributed by atoms with E-state index in [4.69, 9.17) is 0 Å². The first-order chi connectivity index (χ1) is 17.8. The van der Waals surface area contributed by atoms with Crippen molar-refractivity contribution in [1.82, 2.24) is 0 Å². The number of hydrogen-bond acceptors (Lipinski definition) is 6. The Morgan fingerprint density at radius 3 is 1.92 bits per heavy atom. The highest BCUT2D eigenvalue weighted by molar-refractivity contribution is 7.86. The Morgan fingerprint density at radius 2 is 1.47 bits per heavy atom. The Morgan fingerprint density at radius 1 is 0.895 bits per heavy atom. The van der Waals surface area contributed by atoms with Gasteiger partial charge in [0.1, 0.15) is 18.0 Å². The molecule has 2 N–H and O–H groups in total. The summed E-state index contributed by atoms with van der Waals surface area (Å²) in [7, 11) is -9.63. The van der Waals surface area contributed by atoms with Crippen LogP contribution in [-0.2, 0) is 20.2 Å². The van der Waals surface area contributed by atoms with Crippen LogP contribution in [0, 0.1) is 0 Å². The lowest BCUT2D eigenvalue weighted by atomic mass is 9.90. The molecule has 0 radical (unpaired) electrons. The quantitative estimate of drug-likeness (QED) is 0.271. The third-order valence-electron chi connectivity index (χ3n) is 6.35. The van der Waals surface area contributed by atoms with Crippen LogP contribution < -0.4 is 10.0 Å². The average molecular weight is 561 g/mol. The first-order valence-corrected chi connectivity index (χ1v) is 15.0. The molecule has 9 nitrogen and oxygen atoms in total. The van der Waals surface area contributed by atoms with Gasteiger partial charge in [0, 0.05) is 29.9 Å². The van der Waals surface area contributed by atoms with Crippen molar-refractivity contribution in [3.8, 4) is 0 Å². The molecule has 38 heavy (non-hydrogen) atoms. The van der Waals surface area contributed by atoms with Gasteiger partial charge in [-0.15, -0.1) is 0 Å². The number of rotatable bonds is 9. The third-order valence-corrected chi connectivity index (χ3v) is 8.09. The van der Waals surface area contributed by atoms with Crippen molar-refractivity contribution in [2.45, 2.75) is 43.7 Å². The molecular weight excluding hydrogens is 528 g/mol. The second-order valence-electron chi connectivity index (χ2n) is 8.63. The summed E-state index contributed by atoms with van der Waals surface area (Å²) in [4.78, 5) is 0.332. The van der Waals surface area contributed by atoms with E-state index < -0.39 is 36.3 Å². The van der Waals surface area contributed by atoms with Gasteiger partial charge >= 0.3 is 0 Å². The highest BCUT2D eigenvalue weighted by atomic mass is 32.2. The molecule has 1 aliphatic rings. The molecule has 3 rings (SSSR count). The summed E-state index contributed by atoms with van der Waals surface area (Å²) in [5, 5.41) is 12.1. The molecular formula is C27H32N2O7S2. The number of allylic oxidation sites excluding steroid dienone is 5. The first-order valence-electron chi connectivity index (χ1n) is 12.2. The largest absolute Gasteiger partial charge is 0.836 e. The lowest BCUT2D eigenvalue weighted by molar-refractivity contribution is -0.519. The van der Waals surface area contributed by atoms with Gasteiger partial charge in [-0.1, -0.05) is 31.4 Å². The second kappa shape index (κ2) is 11.7. The monoisotopic (exact) mass is 560 g/mol. The predicted molar refractivity (Wildman–Crippen MR) is 146 cm³/mol. The minimum absolute atomic E-state index is 0.0489. The highest BCUT2D eigenvalue weighted by Crippen LogP contribution is 2.35. The van der Waals surface area contributed by atoms with Gasteiger partial charge in [0.05, 0.1) is 4.90 Å². The topological polar surface area (TPSA) is 138 Å². The Balaban J connectivity index is 2.33. The molecule has 0 heterocycles. The fourth-order valence-electron chi connectivity index (χ4n) is 4.46. The van der Waals surface area contributed by atoms with Crippen molar-refractivity contribution in [1.29, 1.82) is 0 Å². The molecule has 0 spiro atoms. The van der Waals surface area contributed by atoms with Crippen LogP contribution in [0.25, 0.3) is 5.57 Å². The molecule has 0 saturated carbocycles. The molecule has 0 aliphatic heterocycles. The molecule has 0 saturated heterocycles. The smallest absolute Gasteiger partial charge is 0.295 e. The van der Waals surface area contributed by atoms with Crippen molar-refractivity contribution in [3.63, 3.8) is 0 Å². The van der Waals surface area contributed by atoms with Crippen LogP contribution >= 0.6 is 0 Å². The van der Waals surface area contributed by atoms with Gasteiger partial charge in [-0.2, -0.15) is 16.8 Å². The summed E-state index contributed by atoms with van der Waals surface area (Å²) in [5.74, 6) is 0. The Kier molecular flexibility index (Phi) is 9.11. The van der Waals surface area contributed by atoms with E-state index in [2.05, 4.69) is 4.58 Å². The maximum absolute atomic E-state index is 12.4. The highest BCUT2D eigenvalue weighted by Gasteiger charge is 2.25. The zero-order valence-corrected chi connectivity index (χ0v) is 23.3. The van der Waals surface area contributed by atoms with Gasteiger partial charge in [0.2, 0.25) is 0 Å². The molecule has 204 valence electrons. The fraction of sp³-hybridized carbons (Fsp3) is 0.296. The van der Waals surface area contributed by atoms with Crippen molar-refractivity contribution < 1.29 is 35.6 Å². The van der Waals surface area contributed by atoms with E-state index >= 15 is 0 Å². The normalized spacial score (nSPS) is 14.5. The maximum atomic E-state index is 12.4. The van der Waals surface area contributed by atoms with Crippen LogP contribution in [0.15, 0.2) is 82.1 Å². The summed E-state index contributed by atoms with van der Waals surface area (Å²) in [6.45, 7) is 9.57. The molecule has 0 bridgehead atoms.